The summed E-state index contributed by atoms with van der Waals surface area (Å²) in [6.45, 7) is 3.32. The van der Waals surface area contributed by atoms with E-state index in [1.165, 1.54) is 47.2 Å². The highest BCUT2D eigenvalue weighted by molar-refractivity contribution is 7.14. The van der Waals surface area contributed by atoms with Crippen LogP contribution in [0.1, 0.15) is 70.9 Å². The van der Waals surface area contributed by atoms with Crippen molar-refractivity contribution in [3.63, 3.8) is 0 Å². The third kappa shape index (κ3) is 10.00. The fraction of sp³-hybridized carbons (Fsp3) is 0.455. The molecule has 0 unspecified atom stereocenters. The monoisotopic (exact) mass is 536 g/mol. The van der Waals surface area contributed by atoms with Gasteiger partial charge < -0.3 is 0 Å². The summed E-state index contributed by atoms with van der Waals surface area (Å²) >= 11 is 2.48. The van der Waals surface area contributed by atoms with Crippen LogP contribution in [0.4, 0.5) is 11.4 Å². The van der Waals surface area contributed by atoms with E-state index in [0.29, 0.717) is 32.4 Å². The van der Waals surface area contributed by atoms with Crippen molar-refractivity contribution in [1.82, 2.24) is 10.9 Å². The second-order valence-electron chi connectivity index (χ2n) is 7.90. The van der Waals surface area contributed by atoms with Gasteiger partial charge in [-0.15, -0.1) is 22.7 Å². The molecule has 0 saturated carbocycles. The smallest absolute Gasteiger partial charge is 0.273 e. The average molecular weight is 537 g/mol. The van der Waals surface area contributed by atoms with Crippen LogP contribution in [0.5, 0.6) is 0 Å². The fourth-order valence-electron chi connectivity index (χ4n) is 3.21. The van der Waals surface area contributed by atoms with E-state index in [1.54, 1.807) is 13.8 Å². The minimum absolute atomic E-state index is 0.0428. The number of hydrazone groups is 2. The summed E-state index contributed by atoms with van der Waals surface area (Å²) < 4.78 is 0. The van der Waals surface area contributed by atoms with Gasteiger partial charge in [0, 0.05) is 25.0 Å². The zero-order chi connectivity index (χ0) is 26.5. The van der Waals surface area contributed by atoms with Crippen LogP contribution in [0.25, 0.3) is 0 Å². The Hall–Kier alpha value is -3.52. The average Bonchev–Trinajstić information content (AvgIpc) is 3.37. The summed E-state index contributed by atoms with van der Waals surface area (Å²) in [6, 6.07) is 2.85. The van der Waals surface area contributed by atoms with Crippen molar-refractivity contribution in [2.45, 2.75) is 65.2 Å². The van der Waals surface area contributed by atoms with Crippen molar-refractivity contribution >= 4 is 58.3 Å². The van der Waals surface area contributed by atoms with Gasteiger partial charge in [0.15, 0.2) is 0 Å². The molecule has 0 aliphatic carbocycles. The van der Waals surface area contributed by atoms with Crippen LogP contribution >= 0.6 is 22.7 Å². The number of unbranched alkanes of at least 4 members (excludes halogenated alkanes) is 5. The number of rotatable bonds is 15. The molecule has 2 amide bonds. The highest BCUT2D eigenvalue weighted by Crippen LogP contribution is 2.27. The molecular formula is C22H28N6O6S2. The van der Waals surface area contributed by atoms with Crippen LogP contribution in [0.3, 0.4) is 0 Å². The van der Waals surface area contributed by atoms with Crippen molar-refractivity contribution in [3.8, 4) is 0 Å². The molecule has 2 rings (SSSR count). The largest absolute Gasteiger partial charge is 0.283 e. The van der Waals surface area contributed by atoms with Crippen LogP contribution in [-0.2, 0) is 9.59 Å². The van der Waals surface area contributed by atoms with Crippen LogP contribution < -0.4 is 10.9 Å². The van der Waals surface area contributed by atoms with Gasteiger partial charge in [0.2, 0.25) is 11.8 Å². The molecular weight excluding hydrogens is 508 g/mol. The minimum Gasteiger partial charge on any atom is -0.273 e. The third-order valence-electron chi connectivity index (χ3n) is 5.03. The topological polar surface area (TPSA) is 169 Å². The van der Waals surface area contributed by atoms with Gasteiger partial charge in [0.25, 0.3) is 11.4 Å². The molecule has 0 aliphatic heterocycles. The van der Waals surface area contributed by atoms with Gasteiger partial charge in [-0.3, -0.25) is 29.8 Å². The van der Waals surface area contributed by atoms with Crippen molar-refractivity contribution in [3.05, 3.63) is 51.9 Å². The van der Waals surface area contributed by atoms with Gasteiger partial charge in [0.1, 0.15) is 0 Å². The number of carbonyl (C=O) groups is 2. The van der Waals surface area contributed by atoms with Crippen LogP contribution in [0.2, 0.25) is 0 Å². The maximum atomic E-state index is 11.8. The standard InChI is InChI=1S/C22H28N6O6S2/c1-15-19(27(31)32)11-17(35-15)13-23-25-21(29)9-7-5-3-4-6-8-10-22(30)26-24-14-18-12-20(28(33)34)16(2)36-18/h11-14H,3-10H2,1-2H3,(H,25,29)(H,26,30). The van der Waals surface area contributed by atoms with Gasteiger partial charge >= 0.3 is 0 Å². The summed E-state index contributed by atoms with van der Waals surface area (Å²) in [5.74, 6) is -0.419. The Labute approximate surface area is 215 Å². The summed E-state index contributed by atoms with van der Waals surface area (Å²) in [7, 11) is 0. The predicted molar refractivity (Wildman–Crippen MR) is 140 cm³/mol. The highest BCUT2D eigenvalue weighted by atomic mass is 32.1. The first-order valence-corrected chi connectivity index (χ1v) is 12.9. The summed E-state index contributed by atoms with van der Waals surface area (Å²) in [6.07, 6.45) is 8.60. The van der Waals surface area contributed by atoms with Crippen LogP contribution in [0.15, 0.2) is 22.3 Å². The lowest BCUT2D eigenvalue weighted by Crippen LogP contribution is -2.17. The van der Waals surface area contributed by atoms with Crippen LogP contribution in [0, 0.1) is 34.1 Å². The predicted octanol–water partition coefficient (Wildman–Crippen LogP) is 4.96. The Bertz CT molecular complexity index is 1050. The number of nitrogens with one attached hydrogen (secondary N) is 2. The molecule has 0 bridgehead atoms. The molecule has 2 N–H and O–H groups in total. The lowest BCUT2D eigenvalue weighted by Gasteiger charge is -2.02. The summed E-state index contributed by atoms with van der Waals surface area (Å²) in [5, 5.41) is 29.4. The van der Waals surface area contributed by atoms with Gasteiger partial charge in [-0.05, 0) is 26.7 Å². The highest BCUT2D eigenvalue weighted by Gasteiger charge is 2.15. The summed E-state index contributed by atoms with van der Waals surface area (Å²) in [4.78, 5) is 46.8. The number of nitrogens with zero attached hydrogens (tertiary/aromatic N) is 4. The number of hydrogen-bond donors (Lipinski definition) is 2. The first-order chi connectivity index (χ1) is 17.2. The molecule has 12 nitrogen and oxygen atoms in total. The van der Waals surface area contributed by atoms with E-state index < -0.39 is 9.85 Å². The fourth-order valence-corrected chi connectivity index (χ4v) is 4.94. The van der Waals surface area contributed by atoms with Crippen molar-refractivity contribution < 1.29 is 19.4 Å². The van der Waals surface area contributed by atoms with E-state index in [1.807, 2.05) is 0 Å². The molecule has 0 spiro atoms. The maximum Gasteiger partial charge on any atom is 0.283 e. The summed E-state index contributed by atoms with van der Waals surface area (Å²) in [5.41, 5.74) is 4.95. The van der Waals surface area contributed by atoms with Crippen molar-refractivity contribution in [2.24, 2.45) is 10.2 Å². The number of hydrogen-bond acceptors (Lipinski definition) is 10. The molecule has 194 valence electrons. The normalized spacial score (nSPS) is 11.3. The molecule has 2 heterocycles. The van der Waals surface area contributed by atoms with Crippen molar-refractivity contribution in [2.75, 3.05) is 0 Å². The Balaban J connectivity index is 1.49. The number of amides is 2. The number of nitro groups is 2. The molecule has 14 heteroatoms. The van der Waals surface area contributed by atoms with E-state index in [0.717, 1.165) is 38.5 Å². The zero-order valence-corrected chi connectivity index (χ0v) is 21.7. The van der Waals surface area contributed by atoms with Crippen molar-refractivity contribution in [1.29, 1.82) is 0 Å². The quantitative estimate of drug-likeness (QED) is 0.141. The van der Waals surface area contributed by atoms with E-state index in [4.69, 9.17) is 0 Å². The van der Waals surface area contributed by atoms with Gasteiger partial charge in [0.05, 0.1) is 41.8 Å². The van der Waals surface area contributed by atoms with E-state index in [2.05, 4.69) is 21.1 Å². The number of thiophene rings is 2. The lowest BCUT2D eigenvalue weighted by molar-refractivity contribution is -0.385. The molecule has 0 aromatic carbocycles. The minimum atomic E-state index is -0.447. The van der Waals surface area contributed by atoms with Gasteiger partial charge in [-0.1, -0.05) is 25.7 Å². The molecule has 0 radical (unpaired) electrons. The Morgan fingerprint density at radius 3 is 1.47 bits per heavy atom. The van der Waals surface area contributed by atoms with Gasteiger partial charge in [-0.2, -0.15) is 10.2 Å². The second kappa shape index (κ2) is 14.8. The molecule has 36 heavy (non-hydrogen) atoms. The lowest BCUT2D eigenvalue weighted by atomic mass is 10.1. The maximum absolute atomic E-state index is 11.8. The van der Waals surface area contributed by atoms with Crippen LogP contribution in [-0.4, -0.2) is 34.1 Å². The molecule has 0 fully saturated rings. The number of aryl methyl sites for hydroxylation is 2. The molecule has 0 atom stereocenters. The SMILES string of the molecule is Cc1sc(C=NNC(=O)CCCCCCCCC(=O)NN=Cc2cc([N+](=O)[O-])c(C)s2)cc1[N+](=O)[O-]. The Morgan fingerprint density at radius 1 is 0.778 bits per heavy atom. The molecule has 0 aliphatic rings. The first-order valence-electron chi connectivity index (χ1n) is 11.3. The van der Waals surface area contributed by atoms with E-state index >= 15 is 0 Å². The Morgan fingerprint density at radius 2 is 1.14 bits per heavy atom. The van der Waals surface area contributed by atoms with E-state index in [9.17, 15) is 29.8 Å². The molecule has 2 aromatic heterocycles. The van der Waals surface area contributed by atoms with E-state index in [-0.39, 0.29) is 23.2 Å². The second-order valence-corrected chi connectivity index (χ2v) is 10.5. The van der Waals surface area contributed by atoms with Gasteiger partial charge in [-0.25, -0.2) is 10.9 Å². The number of carbonyl (C=O) groups excluding carboxylic acids is 2. The molecule has 2 aromatic rings. The zero-order valence-electron chi connectivity index (χ0n) is 20.0. The Kier molecular flexibility index (Phi) is 11.8. The first kappa shape index (κ1) is 28.7. The third-order valence-corrected chi connectivity index (χ3v) is 6.98. The molecule has 0 saturated heterocycles.